The maximum absolute atomic E-state index is 13.6. The second kappa shape index (κ2) is 15.4. The number of carbonyl (C=O) groups excluding carboxylic acids is 1. The molecular formula is C32H42N6O5. The SMILES string of the molecule is CCCCc1nc2c(N)nc3ccccc3c2n1CCCN(Cc1cccc(CC(=O)O)c1)C(=O)CN(CCO)CCO. The average Bonchev–Trinajstić information content (AvgIpc) is 3.35. The molecule has 11 heteroatoms. The molecule has 0 atom stereocenters. The lowest BCUT2D eigenvalue weighted by molar-refractivity contribution is -0.136. The normalized spacial score (nSPS) is 11.5. The minimum absolute atomic E-state index is 0.0541. The first-order valence-corrected chi connectivity index (χ1v) is 14.9. The molecule has 0 aliphatic rings. The summed E-state index contributed by atoms with van der Waals surface area (Å²) in [4.78, 5) is 37.8. The van der Waals surface area contributed by atoms with Gasteiger partial charge in [0.25, 0.3) is 0 Å². The van der Waals surface area contributed by atoms with Crippen molar-refractivity contribution in [1.82, 2.24) is 24.3 Å². The molecular weight excluding hydrogens is 548 g/mol. The molecule has 0 aliphatic heterocycles. The minimum Gasteiger partial charge on any atom is -0.481 e. The lowest BCUT2D eigenvalue weighted by atomic mass is 10.1. The summed E-state index contributed by atoms with van der Waals surface area (Å²) in [7, 11) is 0. The second-order valence-electron chi connectivity index (χ2n) is 10.8. The molecule has 5 N–H and O–H groups in total. The summed E-state index contributed by atoms with van der Waals surface area (Å²) in [6.45, 7) is 3.88. The number of carbonyl (C=O) groups is 2. The van der Waals surface area contributed by atoms with Gasteiger partial charge in [-0.05, 0) is 30.0 Å². The number of aliphatic carboxylic acids is 1. The quantitative estimate of drug-likeness (QED) is 0.145. The van der Waals surface area contributed by atoms with E-state index < -0.39 is 5.97 Å². The van der Waals surface area contributed by atoms with E-state index in [1.165, 1.54) is 0 Å². The molecule has 0 spiro atoms. The van der Waals surface area contributed by atoms with Gasteiger partial charge >= 0.3 is 5.97 Å². The summed E-state index contributed by atoms with van der Waals surface area (Å²) in [6, 6.07) is 15.2. The summed E-state index contributed by atoms with van der Waals surface area (Å²) in [5.41, 5.74) is 10.3. The third-order valence-corrected chi connectivity index (χ3v) is 7.52. The Bertz CT molecular complexity index is 1530. The number of rotatable bonds is 17. The number of fused-ring (bicyclic) bond motifs is 3. The maximum Gasteiger partial charge on any atom is 0.307 e. The van der Waals surface area contributed by atoms with Gasteiger partial charge in [-0.3, -0.25) is 14.5 Å². The molecule has 0 fully saturated rings. The van der Waals surface area contributed by atoms with Crippen LogP contribution in [-0.2, 0) is 35.5 Å². The van der Waals surface area contributed by atoms with Crippen LogP contribution in [0.15, 0.2) is 48.5 Å². The molecule has 0 radical (unpaired) electrons. The molecule has 0 saturated heterocycles. The fraction of sp³-hybridized carbons (Fsp3) is 0.438. The van der Waals surface area contributed by atoms with E-state index in [9.17, 15) is 24.9 Å². The Morgan fingerprint density at radius 1 is 0.953 bits per heavy atom. The van der Waals surface area contributed by atoms with Gasteiger partial charge in [0.05, 0.1) is 37.2 Å². The van der Waals surface area contributed by atoms with Crippen LogP contribution in [0.25, 0.3) is 21.9 Å². The van der Waals surface area contributed by atoms with Gasteiger partial charge in [-0.25, -0.2) is 9.97 Å². The van der Waals surface area contributed by atoms with Gasteiger partial charge in [0.15, 0.2) is 5.82 Å². The number of nitrogen functional groups attached to an aromatic ring is 1. The smallest absolute Gasteiger partial charge is 0.307 e. The van der Waals surface area contributed by atoms with Crippen LogP contribution in [0.3, 0.4) is 0 Å². The van der Waals surface area contributed by atoms with Crippen LogP contribution in [0.1, 0.15) is 43.1 Å². The van der Waals surface area contributed by atoms with Crippen molar-refractivity contribution >= 4 is 39.6 Å². The first-order chi connectivity index (χ1) is 20.8. The predicted molar refractivity (Wildman–Crippen MR) is 166 cm³/mol. The number of aliphatic hydroxyl groups excluding tert-OH is 2. The number of anilines is 1. The lowest BCUT2D eigenvalue weighted by Crippen LogP contribution is -2.42. The molecule has 230 valence electrons. The molecule has 0 unspecified atom stereocenters. The van der Waals surface area contributed by atoms with Crippen LogP contribution in [-0.4, -0.2) is 90.9 Å². The van der Waals surface area contributed by atoms with E-state index in [1.807, 2.05) is 36.4 Å². The third kappa shape index (κ3) is 8.28. The maximum atomic E-state index is 13.6. The molecule has 2 aromatic heterocycles. The summed E-state index contributed by atoms with van der Waals surface area (Å²) in [6.07, 6.45) is 3.36. The summed E-state index contributed by atoms with van der Waals surface area (Å²) in [5.74, 6) is 0.295. The van der Waals surface area contributed by atoms with E-state index >= 15 is 0 Å². The Balaban J connectivity index is 1.61. The van der Waals surface area contributed by atoms with Crippen LogP contribution in [0.5, 0.6) is 0 Å². The molecule has 11 nitrogen and oxygen atoms in total. The van der Waals surface area contributed by atoms with Crippen LogP contribution < -0.4 is 5.73 Å². The molecule has 43 heavy (non-hydrogen) atoms. The molecule has 0 saturated carbocycles. The molecule has 0 aliphatic carbocycles. The highest BCUT2D eigenvalue weighted by atomic mass is 16.4. The Hall–Kier alpha value is -4.06. The Kier molecular flexibility index (Phi) is 11.4. The van der Waals surface area contributed by atoms with Gasteiger partial charge in [-0.1, -0.05) is 55.8 Å². The highest BCUT2D eigenvalue weighted by Gasteiger charge is 2.20. The number of hydrogen-bond donors (Lipinski definition) is 4. The van der Waals surface area contributed by atoms with E-state index in [0.717, 1.165) is 47.1 Å². The van der Waals surface area contributed by atoms with Gasteiger partial charge in [0, 0.05) is 44.5 Å². The number of amides is 1. The third-order valence-electron chi connectivity index (χ3n) is 7.52. The van der Waals surface area contributed by atoms with E-state index in [1.54, 1.807) is 21.9 Å². The van der Waals surface area contributed by atoms with Crippen molar-refractivity contribution in [3.05, 3.63) is 65.5 Å². The molecule has 4 rings (SSSR count). The molecule has 2 heterocycles. The number of unbranched alkanes of at least 4 members (excludes halogenated alkanes) is 1. The zero-order chi connectivity index (χ0) is 30.8. The number of carboxylic acid groups (broad SMARTS) is 1. The number of aromatic nitrogens is 3. The zero-order valence-corrected chi connectivity index (χ0v) is 24.8. The van der Waals surface area contributed by atoms with Gasteiger partial charge < -0.3 is 30.5 Å². The minimum atomic E-state index is -0.913. The summed E-state index contributed by atoms with van der Waals surface area (Å²) in [5, 5.41) is 29.1. The van der Waals surface area contributed by atoms with Gasteiger partial charge in [0.2, 0.25) is 5.91 Å². The number of imidazole rings is 1. The van der Waals surface area contributed by atoms with Gasteiger partial charge in [0.1, 0.15) is 11.3 Å². The number of aryl methyl sites for hydroxylation is 2. The van der Waals surface area contributed by atoms with E-state index in [4.69, 9.17) is 10.7 Å². The highest BCUT2D eigenvalue weighted by molar-refractivity contribution is 6.06. The number of nitrogens with two attached hydrogens (primary N) is 1. The summed E-state index contributed by atoms with van der Waals surface area (Å²) >= 11 is 0. The number of aliphatic hydroxyl groups is 2. The van der Waals surface area contributed by atoms with E-state index in [2.05, 4.69) is 16.5 Å². The number of nitrogens with zero attached hydrogens (tertiary/aromatic N) is 5. The predicted octanol–water partition coefficient (Wildman–Crippen LogP) is 2.84. The Labute approximate surface area is 251 Å². The van der Waals surface area contributed by atoms with Crippen LogP contribution in [0.4, 0.5) is 5.82 Å². The second-order valence-corrected chi connectivity index (χ2v) is 10.8. The number of carboxylic acids is 1. The summed E-state index contributed by atoms with van der Waals surface area (Å²) < 4.78 is 2.21. The van der Waals surface area contributed by atoms with E-state index in [-0.39, 0.29) is 45.2 Å². The molecule has 4 aromatic rings. The monoisotopic (exact) mass is 590 g/mol. The van der Waals surface area contributed by atoms with Crippen molar-refractivity contribution in [3.63, 3.8) is 0 Å². The molecule has 2 aromatic carbocycles. The van der Waals surface area contributed by atoms with Crippen molar-refractivity contribution in [1.29, 1.82) is 0 Å². The first-order valence-electron chi connectivity index (χ1n) is 14.9. The first kappa shape index (κ1) is 31.9. The Morgan fingerprint density at radius 2 is 1.70 bits per heavy atom. The lowest BCUT2D eigenvalue weighted by Gasteiger charge is -2.27. The van der Waals surface area contributed by atoms with Crippen molar-refractivity contribution in [2.45, 2.75) is 52.1 Å². The van der Waals surface area contributed by atoms with Crippen LogP contribution >= 0.6 is 0 Å². The zero-order valence-electron chi connectivity index (χ0n) is 24.8. The van der Waals surface area contributed by atoms with Crippen molar-refractivity contribution in [2.24, 2.45) is 0 Å². The fourth-order valence-electron chi connectivity index (χ4n) is 5.46. The van der Waals surface area contributed by atoms with Crippen LogP contribution in [0, 0.1) is 0 Å². The molecule has 1 amide bonds. The van der Waals surface area contributed by atoms with E-state index in [0.29, 0.717) is 43.0 Å². The van der Waals surface area contributed by atoms with Crippen LogP contribution in [0.2, 0.25) is 0 Å². The van der Waals surface area contributed by atoms with Crippen molar-refractivity contribution in [3.8, 4) is 0 Å². The number of hydrogen-bond acceptors (Lipinski definition) is 8. The topological polar surface area (TPSA) is 158 Å². The standard InChI is InChI=1S/C32H42N6O5/c1-2-3-12-27-35-30-31(25-10-4-5-11-26(25)34-32(30)33)38(27)14-7-13-37(28(41)22-36(15-17-39)16-18-40)21-24-9-6-8-23(19-24)20-29(42)43/h4-6,8-11,19,39-40H,2-3,7,12-18,20-22H2,1H3,(H2,33,34)(H,42,43). The largest absolute Gasteiger partial charge is 0.481 e. The fourth-order valence-corrected chi connectivity index (χ4v) is 5.46. The number of benzene rings is 2. The highest BCUT2D eigenvalue weighted by Crippen LogP contribution is 2.29. The number of para-hydroxylation sites is 1. The van der Waals surface area contributed by atoms with Crippen molar-refractivity contribution in [2.75, 3.05) is 45.1 Å². The van der Waals surface area contributed by atoms with Crippen molar-refractivity contribution < 1.29 is 24.9 Å². The number of pyridine rings is 1. The Morgan fingerprint density at radius 3 is 2.42 bits per heavy atom. The molecule has 0 bridgehead atoms. The average molecular weight is 591 g/mol. The van der Waals surface area contributed by atoms with Gasteiger partial charge in [-0.2, -0.15) is 0 Å². The van der Waals surface area contributed by atoms with Gasteiger partial charge in [-0.15, -0.1) is 0 Å².